The Hall–Kier alpha value is -2.60. The molecular weight excluding hydrogens is 273 g/mol. The van der Waals surface area contributed by atoms with Crippen LogP contribution < -0.4 is 11.3 Å². The Morgan fingerprint density at radius 3 is 3.00 bits per heavy atom. The van der Waals surface area contributed by atoms with Crippen LogP contribution in [0.5, 0.6) is 0 Å². The fourth-order valence-electron chi connectivity index (χ4n) is 2.41. The molecule has 0 aliphatic rings. The third kappa shape index (κ3) is 2.30. The smallest absolute Gasteiger partial charge is 0.301 e. The molecule has 1 amide bonds. The summed E-state index contributed by atoms with van der Waals surface area (Å²) in [6, 6.07) is 8.41. The van der Waals surface area contributed by atoms with Crippen LogP contribution in [-0.4, -0.2) is 10.5 Å². The predicted molar refractivity (Wildman–Crippen MR) is 76.1 cm³/mol. The highest BCUT2D eigenvalue weighted by molar-refractivity contribution is 5.92. The van der Waals surface area contributed by atoms with E-state index in [9.17, 15) is 9.18 Å². The van der Waals surface area contributed by atoms with E-state index in [1.807, 2.05) is 16.1 Å². The van der Waals surface area contributed by atoms with Gasteiger partial charge in [-0.25, -0.2) is 10.2 Å². The quantitative estimate of drug-likeness (QED) is 0.441. The average molecular weight is 287 g/mol. The van der Waals surface area contributed by atoms with Crippen LogP contribution in [0.1, 0.15) is 21.9 Å². The lowest BCUT2D eigenvalue weighted by Crippen LogP contribution is -2.30. The third-order valence-electron chi connectivity index (χ3n) is 3.39. The molecule has 3 aromatic rings. The largest absolute Gasteiger partial charge is 0.454 e. The van der Waals surface area contributed by atoms with Gasteiger partial charge in [0.15, 0.2) is 5.76 Å². The Balaban J connectivity index is 1.96. The van der Waals surface area contributed by atoms with Gasteiger partial charge in [0, 0.05) is 17.1 Å². The van der Waals surface area contributed by atoms with Crippen LogP contribution in [-0.2, 0) is 6.54 Å². The van der Waals surface area contributed by atoms with Gasteiger partial charge in [-0.15, -0.1) is 0 Å². The lowest BCUT2D eigenvalue weighted by Gasteiger charge is -2.03. The van der Waals surface area contributed by atoms with Gasteiger partial charge >= 0.3 is 5.91 Å². The number of halogens is 1. The number of carbonyl (C=O) groups is 1. The summed E-state index contributed by atoms with van der Waals surface area (Å²) in [4.78, 5) is 11.5. The van der Waals surface area contributed by atoms with Crippen molar-refractivity contribution in [2.24, 2.45) is 5.84 Å². The highest BCUT2D eigenvalue weighted by Crippen LogP contribution is 2.22. The lowest BCUT2D eigenvalue weighted by molar-refractivity contribution is 0.0923. The van der Waals surface area contributed by atoms with Crippen LogP contribution in [0.4, 0.5) is 4.39 Å². The van der Waals surface area contributed by atoms with E-state index in [0.717, 1.165) is 5.52 Å². The second-order valence-electron chi connectivity index (χ2n) is 4.81. The van der Waals surface area contributed by atoms with Gasteiger partial charge in [-0.2, -0.15) is 0 Å². The number of amides is 1. The number of nitrogens with two attached hydrogens (primary N) is 1. The van der Waals surface area contributed by atoms with Crippen molar-refractivity contribution in [3.8, 4) is 0 Å². The summed E-state index contributed by atoms with van der Waals surface area (Å²) in [6.07, 6.45) is 1.79. The van der Waals surface area contributed by atoms with E-state index in [1.54, 1.807) is 31.3 Å². The Kier molecular flexibility index (Phi) is 3.23. The summed E-state index contributed by atoms with van der Waals surface area (Å²) >= 11 is 0. The SMILES string of the molecule is Cc1cc(Cn2ccc3c(F)cccc32)oc1C(=O)NN. The van der Waals surface area contributed by atoms with Crippen LogP contribution in [0.3, 0.4) is 0 Å². The number of furan rings is 1. The molecule has 3 rings (SSSR count). The molecule has 0 aliphatic carbocycles. The molecule has 3 N–H and O–H groups in total. The van der Waals surface area contributed by atoms with E-state index in [2.05, 4.69) is 0 Å². The number of nitrogens with one attached hydrogen (secondary N) is 1. The van der Waals surface area contributed by atoms with Gasteiger partial charge in [0.25, 0.3) is 0 Å². The highest BCUT2D eigenvalue weighted by Gasteiger charge is 2.15. The van der Waals surface area contributed by atoms with Gasteiger partial charge in [-0.3, -0.25) is 10.2 Å². The van der Waals surface area contributed by atoms with E-state index < -0.39 is 5.91 Å². The second kappa shape index (κ2) is 5.06. The number of hydrogen-bond acceptors (Lipinski definition) is 3. The zero-order valence-corrected chi connectivity index (χ0v) is 11.4. The molecule has 2 aromatic heterocycles. The van der Waals surface area contributed by atoms with Gasteiger partial charge in [-0.05, 0) is 31.2 Å². The van der Waals surface area contributed by atoms with E-state index in [1.165, 1.54) is 6.07 Å². The molecule has 0 spiro atoms. The van der Waals surface area contributed by atoms with Crippen molar-refractivity contribution in [3.63, 3.8) is 0 Å². The summed E-state index contributed by atoms with van der Waals surface area (Å²) < 4.78 is 21.0. The van der Waals surface area contributed by atoms with Crippen LogP contribution in [0.25, 0.3) is 10.9 Å². The number of hydrazine groups is 1. The third-order valence-corrected chi connectivity index (χ3v) is 3.39. The minimum atomic E-state index is -0.470. The minimum Gasteiger partial charge on any atom is -0.454 e. The predicted octanol–water partition coefficient (Wildman–Crippen LogP) is 2.33. The van der Waals surface area contributed by atoms with Crippen molar-refractivity contribution < 1.29 is 13.6 Å². The van der Waals surface area contributed by atoms with Crippen LogP contribution in [0, 0.1) is 12.7 Å². The molecule has 6 heteroatoms. The molecule has 0 saturated heterocycles. The molecule has 5 nitrogen and oxygen atoms in total. The molecule has 1 aromatic carbocycles. The summed E-state index contributed by atoms with van der Waals surface area (Å²) in [5.41, 5.74) is 3.52. The minimum absolute atomic E-state index is 0.190. The Morgan fingerprint density at radius 2 is 2.24 bits per heavy atom. The molecule has 0 saturated carbocycles. The van der Waals surface area contributed by atoms with Gasteiger partial charge in [0.1, 0.15) is 11.6 Å². The summed E-state index contributed by atoms with van der Waals surface area (Å²) in [5, 5.41) is 0.556. The number of benzene rings is 1. The average Bonchev–Trinajstić information content (AvgIpc) is 3.04. The first-order valence-electron chi connectivity index (χ1n) is 6.43. The van der Waals surface area contributed by atoms with Crippen LogP contribution >= 0.6 is 0 Å². The number of hydrogen-bond donors (Lipinski definition) is 2. The van der Waals surface area contributed by atoms with Gasteiger partial charge in [0.05, 0.1) is 12.1 Å². The number of nitrogen functional groups attached to an aromatic ring is 1. The standard InChI is InChI=1S/C15H14FN3O2/c1-9-7-10(21-14(9)15(20)18-17)8-19-6-5-11-12(16)3-2-4-13(11)19/h2-7H,8,17H2,1H3,(H,18,20). The Bertz CT molecular complexity index is 820. The molecule has 0 fully saturated rings. The normalized spacial score (nSPS) is 11.0. The molecule has 0 aliphatic heterocycles. The summed E-state index contributed by atoms with van der Waals surface area (Å²) in [5.74, 6) is 5.17. The fraction of sp³-hybridized carbons (Fsp3) is 0.133. The van der Waals surface area contributed by atoms with Gasteiger partial charge in [0.2, 0.25) is 0 Å². The number of aryl methyl sites for hydroxylation is 1. The first-order chi connectivity index (χ1) is 10.1. The molecule has 0 unspecified atom stereocenters. The molecule has 108 valence electrons. The second-order valence-corrected chi connectivity index (χ2v) is 4.81. The number of aromatic nitrogens is 1. The van der Waals surface area contributed by atoms with E-state index >= 15 is 0 Å². The van der Waals surface area contributed by atoms with Crippen molar-refractivity contribution in [2.75, 3.05) is 0 Å². The summed E-state index contributed by atoms with van der Waals surface area (Å²) in [6.45, 7) is 2.18. The van der Waals surface area contributed by atoms with Crippen molar-refractivity contribution in [2.45, 2.75) is 13.5 Å². The summed E-state index contributed by atoms with van der Waals surface area (Å²) in [7, 11) is 0. The van der Waals surface area contributed by atoms with Crippen molar-refractivity contribution in [1.29, 1.82) is 0 Å². The van der Waals surface area contributed by atoms with Gasteiger partial charge in [-0.1, -0.05) is 6.07 Å². The number of nitrogens with zero attached hydrogens (tertiary/aromatic N) is 1. The Labute approximate surface area is 120 Å². The zero-order valence-electron chi connectivity index (χ0n) is 11.4. The van der Waals surface area contributed by atoms with Gasteiger partial charge < -0.3 is 8.98 Å². The molecule has 0 atom stereocenters. The number of carbonyl (C=O) groups excluding carboxylic acids is 1. The monoisotopic (exact) mass is 287 g/mol. The maximum absolute atomic E-state index is 13.7. The first kappa shape index (κ1) is 13.4. The van der Waals surface area contributed by atoms with Crippen LogP contribution in [0.15, 0.2) is 40.9 Å². The molecule has 21 heavy (non-hydrogen) atoms. The lowest BCUT2D eigenvalue weighted by atomic mass is 10.2. The molecule has 2 heterocycles. The highest BCUT2D eigenvalue weighted by atomic mass is 19.1. The van der Waals surface area contributed by atoms with Crippen molar-refractivity contribution in [1.82, 2.24) is 9.99 Å². The van der Waals surface area contributed by atoms with E-state index in [-0.39, 0.29) is 11.6 Å². The zero-order chi connectivity index (χ0) is 15.0. The fourth-order valence-corrected chi connectivity index (χ4v) is 2.41. The molecular formula is C15H14FN3O2. The number of rotatable bonds is 3. The Morgan fingerprint density at radius 1 is 1.43 bits per heavy atom. The maximum Gasteiger partial charge on any atom is 0.301 e. The molecule has 0 radical (unpaired) electrons. The van der Waals surface area contributed by atoms with Crippen molar-refractivity contribution in [3.05, 3.63) is 59.4 Å². The van der Waals surface area contributed by atoms with Crippen molar-refractivity contribution >= 4 is 16.8 Å². The maximum atomic E-state index is 13.7. The van der Waals surface area contributed by atoms with Crippen LogP contribution in [0.2, 0.25) is 0 Å². The van der Waals surface area contributed by atoms with E-state index in [0.29, 0.717) is 23.3 Å². The first-order valence-corrected chi connectivity index (χ1v) is 6.43. The topological polar surface area (TPSA) is 73.2 Å². The van der Waals surface area contributed by atoms with E-state index in [4.69, 9.17) is 10.3 Å². The molecule has 0 bridgehead atoms. The number of fused-ring (bicyclic) bond motifs is 1.